The molecule has 0 aliphatic heterocycles. The first-order valence-electron chi connectivity index (χ1n) is 5.10. The quantitative estimate of drug-likeness (QED) is 0.476. The zero-order valence-electron chi connectivity index (χ0n) is 10.2. The minimum absolute atomic E-state index is 0.423. The van der Waals surface area contributed by atoms with Crippen LogP contribution in [0, 0.1) is 10.1 Å². The van der Waals surface area contributed by atoms with E-state index in [2.05, 4.69) is 5.32 Å². The number of amides is 1. The largest absolute Gasteiger partial charge is 0.505 e. The van der Waals surface area contributed by atoms with E-state index >= 15 is 0 Å². The van der Waals surface area contributed by atoms with E-state index in [9.17, 15) is 28.4 Å². The van der Waals surface area contributed by atoms with E-state index in [-0.39, 0.29) is 0 Å². The van der Waals surface area contributed by atoms with Gasteiger partial charge in [-0.25, -0.2) is 8.42 Å². The van der Waals surface area contributed by atoms with Crippen molar-refractivity contribution >= 4 is 27.1 Å². The second-order valence-corrected chi connectivity index (χ2v) is 6.26. The average molecular weight is 288 g/mol. The normalized spacial score (nSPS) is 12.7. The number of nitro groups is 1. The minimum atomic E-state index is -3.63. The SMILES string of the molecule is CC(C(=O)Nc1c(O)cccc1[N+](=O)[O-])S(C)(=O)=O. The minimum Gasteiger partial charge on any atom is -0.505 e. The first kappa shape index (κ1) is 14.9. The summed E-state index contributed by atoms with van der Waals surface area (Å²) in [6, 6.07) is 3.47. The van der Waals surface area contributed by atoms with Crippen molar-refractivity contribution in [3.63, 3.8) is 0 Å². The van der Waals surface area contributed by atoms with Crippen LogP contribution in [-0.4, -0.2) is 35.9 Å². The molecule has 0 fully saturated rings. The Morgan fingerprint density at radius 3 is 2.53 bits per heavy atom. The molecule has 1 rings (SSSR count). The smallest absolute Gasteiger partial charge is 0.296 e. The molecule has 0 bridgehead atoms. The number of sulfone groups is 1. The molecule has 104 valence electrons. The molecule has 0 saturated heterocycles. The van der Waals surface area contributed by atoms with Crippen molar-refractivity contribution in [3.8, 4) is 5.75 Å². The second-order valence-electron chi connectivity index (χ2n) is 3.89. The monoisotopic (exact) mass is 288 g/mol. The number of para-hydroxylation sites is 1. The first-order chi connectivity index (χ1) is 8.64. The topological polar surface area (TPSA) is 127 Å². The number of anilines is 1. The van der Waals surface area contributed by atoms with Crippen LogP contribution in [0.3, 0.4) is 0 Å². The lowest BCUT2D eigenvalue weighted by molar-refractivity contribution is -0.384. The van der Waals surface area contributed by atoms with Gasteiger partial charge in [0.25, 0.3) is 5.69 Å². The van der Waals surface area contributed by atoms with Crippen LogP contribution in [0.2, 0.25) is 0 Å². The van der Waals surface area contributed by atoms with E-state index in [0.717, 1.165) is 25.3 Å². The van der Waals surface area contributed by atoms with E-state index in [1.165, 1.54) is 6.07 Å². The molecule has 1 amide bonds. The van der Waals surface area contributed by atoms with E-state index in [1.54, 1.807) is 0 Å². The molecule has 0 aliphatic rings. The molecule has 2 N–H and O–H groups in total. The fourth-order valence-electron chi connectivity index (χ4n) is 1.23. The lowest BCUT2D eigenvalue weighted by Crippen LogP contribution is -2.32. The molecular weight excluding hydrogens is 276 g/mol. The van der Waals surface area contributed by atoms with E-state index in [4.69, 9.17) is 0 Å². The van der Waals surface area contributed by atoms with Gasteiger partial charge in [0.05, 0.1) is 4.92 Å². The van der Waals surface area contributed by atoms with Gasteiger partial charge in [0, 0.05) is 12.3 Å². The predicted molar refractivity (Wildman–Crippen MR) is 67.7 cm³/mol. The van der Waals surface area contributed by atoms with Gasteiger partial charge < -0.3 is 10.4 Å². The average Bonchev–Trinajstić information content (AvgIpc) is 2.29. The summed E-state index contributed by atoms with van der Waals surface area (Å²) in [5.41, 5.74) is -0.943. The third-order valence-electron chi connectivity index (χ3n) is 2.48. The van der Waals surface area contributed by atoms with Crippen molar-refractivity contribution in [2.24, 2.45) is 0 Å². The van der Waals surface area contributed by atoms with Gasteiger partial charge in [-0.3, -0.25) is 14.9 Å². The summed E-state index contributed by atoms with van der Waals surface area (Å²) < 4.78 is 22.4. The Morgan fingerprint density at radius 2 is 2.05 bits per heavy atom. The summed E-state index contributed by atoms with van der Waals surface area (Å²) in [4.78, 5) is 21.6. The van der Waals surface area contributed by atoms with Gasteiger partial charge in [0.15, 0.2) is 15.5 Å². The summed E-state index contributed by atoms with van der Waals surface area (Å²) in [5.74, 6) is -1.46. The highest BCUT2D eigenvalue weighted by Crippen LogP contribution is 2.33. The molecule has 0 aliphatic carbocycles. The number of carbonyl (C=O) groups is 1. The van der Waals surface area contributed by atoms with Gasteiger partial charge in [0.2, 0.25) is 5.91 Å². The number of benzene rings is 1. The van der Waals surface area contributed by atoms with Gasteiger partial charge in [-0.05, 0) is 13.0 Å². The molecule has 0 spiro atoms. The number of carbonyl (C=O) groups excluding carboxylic acids is 1. The lowest BCUT2D eigenvalue weighted by atomic mass is 10.2. The van der Waals surface area contributed by atoms with Gasteiger partial charge in [-0.15, -0.1) is 0 Å². The van der Waals surface area contributed by atoms with E-state index in [0.29, 0.717) is 0 Å². The zero-order chi connectivity index (χ0) is 14.8. The molecule has 9 heteroatoms. The zero-order valence-corrected chi connectivity index (χ0v) is 11.0. The Hall–Kier alpha value is -2.16. The van der Waals surface area contributed by atoms with Crippen molar-refractivity contribution in [1.82, 2.24) is 0 Å². The summed E-state index contributed by atoms with van der Waals surface area (Å²) in [6.07, 6.45) is 0.872. The van der Waals surface area contributed by atoms with Crippen LogP contribution in [0.1, 0.15) is 6.92 Å². The predicted octanol–water partition coefficient (Wildman–Crippen LogP) is 0.672. The highest BCUT2D eigenvalue weighted by atomic mass is 32.2. The van der Waals surface area contributed by atoms with Crippen LogP contribution in [-0.2, 0) is 14.6 Å². The van der Waals surface area contributed by atoms with Crippen molar-refractivity contribution in [3.05, 3.63) is 28.3 Å². The Kier molecular flexibility index (Phi) is 4.10. The Bertz CT molecular complexity index is 625. The second kappa shape index (κ2) is 5.22. The summed E-state index contributed by atoms with van der Waals surface area (Å²) in [5, 5.41) is 20.9. The number of aromatic hydroxyl groups is 1. The standard InChI is InChI=1S/C10H12N2O6S/c1-6(19(2,17)18)10(14)11-9-7(12(15)16)4-3-5-8(9)13/h3-6,13H,1-2H3,(H,11,14). The molecule has 0 radical (unpaired) electrons. The van der Waals surface area contributed by atoms with E-state index in [1.807, 2.05) is 0 Å². The van der Waals surface area contributed by atoms with Gasteiger partial charge in [-0.2, -0.15) is 0 Å². The van der Waals surface area contributed by atoms with Crippen molar-refractivity contribution in [1.29, 1.82) is 0 Å². The molecule has 0 aromatic heterocycles. The number of nitrogens with one attached hydrogen (secondary N) is 1. The van der Waals surface area contributed by atoms with Crippen molar-refractivity contribution in [2.45, 2.75) is 12.2 Å². The maximum absolute atomic E-state index is 11.7. The summed E-state index contributed by atoms with van der Waals surface area (Å²) >= 11 is 0. The lowest BCUT2D eigenvalue weighted by Gasteiger charge is -2.11. The fraction of sp³-hybridized carbons (Fsp3) is 0.300. The van der Waals surface area contributed by atoms with Crippen LogP contribution in [0.4, 0.5) is 11.4 Å². The first-order valence-corrected chi connectivity index (χ1v) is 7.06. The Balaban J connectivity index is 3.13. The number of phenols is 1. The highest BCUT2D eigenvalue weighted by Gasteiger charge is 2.27. The van der Waals surface area contributed by atoms with Gasteiger partial charge >= 0.3 is 0 Å². The number of hydrogen-bond donors (Lipinski definition) is 2. The summed E-state index contributed by atoms with van der Waals surface area (Å²) in [6.45, 7) is 1.15. The number of rotatable bonds is 4. The van der Waals surface area contributed by atoms with Crippen molar-refractivity contribution < 1.29 is 23.2 Å². The highest BCUT2D eigenvalue weighted by molar-refractivity contribution is 7.92. The molecule has 1 unspecified atom stereocenters. The molecule has 8 nitrogen and oxygen atoms in total. The molecule has 0 heterocycles. The van der Waals surface area contributed by atoms with Crippen LogP contribution < -0.4 is 5.32 Å². The van der Waals surface area contributed by atoms with Gasteiger partial charge in [-0.1, -0.05) is 6.07 Å². The molecule has 1 aromatic carbocycles. The van der Waals surface area contributed by atoms with Crippen LogP contribution >= 0.6 is 0 Å². The third-order valence-corrected chi connectivity index (χ3v) is 3.98. The van der Waals surface area contributed by atoms with Gasteiger partial charge in [0.1, 0.15) is 11.0 Å². The maximum Gasteiger partial charge on any atom is 0.296 e. The number of phenolic OH excluding ortho intramolecular Hbond substituents is 1. The van der Waals surface area contributed by atoms with Crippen LogP contribution in [0.5, 0.6) is 5.75 Å². The Labute approximate surface area is 109 Å². The number of nitrogens with zero attached hydrogens (tertiary/aromatic N) is 1. The number of hydrogen-bond acceptors (Lipinski definition) is 6. The molecular formula is C10H12N2O6S. The number of nitro benzene ring substituents is 1. The molecule has 19 heavy (non-hydrogen) atoms. The van der Waals surface area contributed by atoms with Crippen LogP contribution in [0.15, 0.2) is 18.2 Å². The molecule has 0 saturated carbocycles. The molecule has 1 atom stereocenters. The fourth-order valence-corrected chi connectivity index (χ4v) is 1.68. The van der Waals surface area contributed by atoms with E-state index < -0.39 is 43.0 Å². The molecule has 1 aromatic rings. The maximum atomic E-state index is 11.7. The Morgan fingerprint density at radius 1 is 1.47 bits per heavy atom. The summed E-state index contributed by atoms with van der Waals surface area (Å²) in [7, 11) is -3.63. The van der Waals surface area contributed by atoms with Crippen LogP contribution in [0.25, 0.3) is 0 Å². The third kappa shape index (κ3) is 3.41. The van der Waals surface area contributed by atoms with Crippen molar-refractivity contribution in [2.75, 3.05) is 11.6 Å².